The van der Waals surface area contributed by atoms with Gasteiger partial charge in [-0.15, -0.1) is 0 Å². The van der Waals surface area contributed by atoms with Crippen LogP contribution in [0.15, 0.2) is 12.1 Å². The third-order valence-electron chi connectivity index (χ3n) is 3.27. The lowest BCUT2D eigenvalue weighted by molar-refractivity contribution is 0.273. The molecule has 0 bridgehead atoms. The van der Waals surface area contributed by atoms with Crippen LogP contribution in [0, 0.1) is 0 Å². The monoisotopic (exact) mass is 236 g/mol. The van der Waals surface area contributed by atoms with E-state index in [9.17, 15) is 5.11 Å². The first-order valence-electron chi connectivity index (χ1n) is 6.36. The summed E-state index contributed by atoms with van der Waals surface area (Å²) in [6.45, 7) is 8.71. The summed E-state index contributed by atoms with van der Waals surface area (Å²) in [5.74, 6) is 1.63. The summed E-state index contributed by atoms with van der Waals surface area (Å²) in [7, 11) is 1.73. The number of benzene rings is 1. The number of rotatable bonds is 5. The molecule has 1 aromatic rings. The lowest BCUT2D eigenvalue weighted by Gasteiger charge is -2.19. The van der Waals surface area contributed by atoms with Gasteiger partial charge in [0.05, 0.1) is 7.11 Å². The van der Waals surface area contributed by atoms with Crippen molar-refractivity contribution in [3.05, 3.63) is 28.8 Å². The number of hydrogen-bond acceptors (Lipinski definition) is 2. The highest BCUT2D eigenvalue weighted by Crippen LogP contribution is 2.34. The number of ether oxygens (including phenoxy) is 1. The third kappa shape index (κ3) is 3.01. The quantitative estimate of drug-likeness (QED) is 0.848. The summed E-state index contributed by atoms with van der Waals surface area (Å²) >= 11 is 0. The average Bonchev–Trinajstić information content (AvgIpc) is 2.35. The number of hydrogen-bond donors (Lipinski definition) is 1. The summed E-state index contributed by atoms with van der Waals surface area (Å²) in [6.07, 6.45) is 0.953. The molecular weight excluding hydrogens is 212 g/mol. The van der Waals surface area contributed by atoms with E-state index in [4.69, 9.17) is 4.74 Å². The number of aryl methyl sites for hydroxylation is 1. The van der Waals surface area contributed by atoms with Crippen molar-refractivity contribution >= 4 is 0 Å². The Kier molecular flexibility index (Phi) is 5.01. The molecule has 0 saturated carbocycles. The van der Waals surface area contributed by atoms with Gasteiger partial charge in [0.2, 0.25) is 0 Å². The van der Waals surface area contributed by atoms with Crippen LogP contribution < -0.4 is 4.74 Å². The Morgan fingerprint density at radius 1 is 1.24 bits per heavy atom. The Morgan fingerprint density at radius 3 is 2.29 bits per heavy atom. The van der Waals surface area contributed by atoms with E-state index in [0.717, 1.165) is 12.2 Å². The first-order valence-corrected chi connectivity index (χ1v) is 6.36. The van der Waals surface area contributed by atoms with Crippen molar-refractivity contribution in [3.63, 3.8) is 0 Å². The second-order valence-electron chi connectivity index (χ2n) is 4.89. The fourth-order valence-corrected chi connectivity index (χ4v) is 2.07. The van der Waals surface area contributed by atoms with E-state index in [2.05, 4.69) is 32.9 Å². The van der Waals surface area contributed by atoms with Gasteiger partial charge in [0.25, 0.3) is 0 Å². The highest BCUT2D eigenvalue weighted by atomic mass is 16.5. The zero-order chi connectivity index (χ0) is 13.0. The first-order chi connectivity index (χ1) is 8.04. The van der Waals surface area contributed by atoms with Gasteiger partial charge in [-0.25, -0.2) is 0 Å². The highest BCUT2D eigenvalue weighted by Gasteiger charge is 2.15. The van der Waals surface area contributed by atoms with E-state index in [1.165, 1.54) is 16.7 Å². The third-order valence-corrected chi connectivity index (χ3v) is 3.27. The SMILES string of the molecule is CCc1cc(C(C)CO)cc(C(C)C)c1OC. The summed E-state index contributed by atoms with van der Waals surface area (Å²) in [5.41, 5.74) is 3.67. The van der Waals surface area contributed by atoms with Gasteiger partial charge in [0.15, 0.2) is 0 Å². The van der Waals surface area contributed by atoms with Gasteiger partial charge >= 0.3 is 0 Å². The molecule has 0 radical (unpaired) electrons. The molecule has 0 fully saturated rings. The van der Waals surface area contributed by atoms with Gasteiger partial charge in [-0.1, -0.05) is 39.8 Å². The van der Waals surface area contributed by atoms with Gasteiger partial charge in [0.1, 0.15) is 5.75 Å². The number of aliphatic hydroxyl groups excluding tert-OH is 1. The zero-order valence-electron chi connectivity index (χ0n) is 11.6. The average molecular weight is 236 g/mol. The van der Waals surface area contributed by atoms with Crippen molar-refractivity contribution in [2.45, 2.75) is 46.0 Å². The van der Waals surface area contributed by atoms with Crippen molar-refractivity contribution in [3.8, 4) is 5.75 Å². The second kappa shape index (κ2) is 6.06. The molecule has 1 N–H and O–H groups in total. The first kappa shape index (κ1) is 14.0. The molecule has 0 spiro atoms. The van der Waals surface area contributed by atoms with Crippen LogP contribution in [0.5, 0.6) is 5.75 Å². The van der Waals surface area contributed by atoms with E-state index in [1.54, 1.807) is 7.11 Å². The molecule has 0 saturated heterocycles. The molecule has 2 heteroatoms. The second-order valence-corrected chi connectivity index (χ2v) is 4.89. The van der Waals surface area contributed by atoms with E-state index < -0.39 is 0 Å². The molecule has 0 aromatic heterocycles. The summed E-state index contributed by atoms with van der Waals surface area (Å²) in [4.78, 5) is 0. The van der Waals surface area contributed by atoms with Crippen molar-refractivity contribution < 1.29 is 9.84 Å². The molecule has 2 nitrogen and oxygen atoms in total. The summed E-state index contributed by atoms with van der Waals surface area (Å²) in [6, 6.07) is 4.33. The Balaban J connectivity index is 3.34. The van der Waals surface area contributed by atoms with E-state index in [0.29, 0.717) is 5.92 Å². The molecule has 1 rings (SSSR count). The molecule has 1 atom stereocenters. The predicted molar refractivity (Wildman–Crippen MR) is 72.0 cm³/mol. The largest absolute Gasteiger partial charge is 0.496 e. The van der Waals surface area contributed by atoms with Crippen molar-refractivity contribution in [1.82, 2.24) is 0 Å². The molecule has 1 aromatic carbocycles. The van der Waals surface area contributed by atoms with Crippen LogP contribution in [0.3, 0.4) is 0 Å². The fraction of sp³-hybridized carbons (Fsp3) is 0.600. The Labute approximate surface area is 105 Å². The Morgan fingerprint density at radius 2 is 1.88 bits per heavy atom. The maximum atomic E-state index is 9.28. The molecule has 0 aliphatic carbocycles. The van der Waals surface area contributed by atoms with E-state index in [1.807, 2.05) is 6.92 Å². The normalized spacial score (nSPS) is 12.9. The molecule has 0 aliphatic heterocycles. The maximum absolute atomic E-state index is 9.28. The van der Waals surface area contributed by atoms with Crippen LogP contribution in [0.2, 0.25) is 0 Å². The summed E-state index contributed by atoms with van der Waals surface area (Å²) < 4.78 is 5.53. The zero-order valence-corrected chi connectivity index (χ0v) is 11.6. The van der Waals surface area contributed by atoms with Crippen LogP contribution in [-0.4, -0.2) is 18.8 Å². The van der Waals surface area contributed by atoms with Crippen molar-refractivity contribution in [2.75, 3.05) is 13.7 Å². The van der Waals surface area contributed by atoms with Gasteiger partial charge < -0.3 is 9.84 Å². The van der Waals surface area contributed by atoms with Crippen LogP contribution in [0.4, 0.5) is 0 Å². The predicted octanol–water partition coefficient (Wildman–Crippen LogP) is 3.48. The highest BCUT2D eigenvalue weighted by molar-refractivity contribution is 5.47. The van der Waals surface area contributed by atoms with Crippen LogP contribution in [-0.2, 0) is 6.42 Å². The number of methoxy groups -OCH3 is 1. The topological polar surface area (TPSA) is 29.5 Å². The molecule has 0 aliphatic rings. The Bertz CT molecular complexity index is 369. The van der Waals surface area contributed by atoms with Gasteiger partial charge in [-0.3, -0.25) is 0 Å². The van der Waals surface area contributed by atoms with Gasteiger partial charge in [-0.2, -0.15) is 0 Å². The molecule has 96 valence electrons. The van der Waals surface area contributed by atoms with Gasteiger partial charge in [-0.05, 0) is 29.0 Å². The summed E-state index contributed by atoms with van der Waals surface area (Å²) in [5, 5.41) is 9.28. The lowest BCUT2D eigenvalue weighted by Crippen LogP contribution is -2.05. The standard InChI is InChI=1S/C15H24O2/c1-6-12-7-13(11(4)9-16)8-14(10(2)3)15(12)17-5/h7-8,10-11,16H,6,9H2,1-5H3. The van der Waals surface area contributed by atoms with E-state index in [-0.39, 0.29) is 12.5 Å². The minimum absolute atomic E-state index is 0.184. The Hall–Kier alpha value is -1.02. The van der Waals surface area contributed by atoms with Crippen LogP contribution >= 0.6 is 0 Å². The molecular formula is C15H24O2. The fourth-order valence-electron chi connectivity index (χ4n) is 2.07. The smallest absolute Gasteiger partial charge is 0.125 e. The lowest BCUT2D eigenvalue weighted by atomic mass is 9.91. The van der Waals surface area contributed by atoms with Gasteiger partial charge in [0, 0.05) is 12.5 Å². The van der Waals surface area contributed by atoms with Crippen molar-refractivity contribution in [1.29, 1.82) is 0 Å². The number of aliphatic hydroxyl groups is 1. The molecule has 1 unspecified atom stereocenters. The van der Waals surface area contributed by atoms with E-state index >= 15 is 0 Å². The maximum Gasteiger partial charge on any atom is 0.125 e. The van der Waals surface area contributed by atoms with Crippen LogP contribution in [0.1, 0.15) is 56.2 Å². The minimum Gasteiger partial charge on any atom is -0.496 e. The minimum atomic E-state index is 0.184. The van der Waals surface area contributed by atoms with Crippen molar-refractivity contribution in [2.24, 2.45) is 0 Å². The molecule has 17 heavy (non-hydrogen) atoms. The molecule has 0 amide bonds. The molecule has 0 heterocycles. The van der Waals surface area contributed by atoms with Crippen LogP contribution in [0.25, 0.3) is 0 Å².